The van der Waals surface area contributed by atoms with Gasteiger partial charge in [-0.15, -0.1) is 0 Å². The highest BCUT2D eigenvalue weighted by molar-refractivity contribution is 5.78. The first-order chi connectivity index (χ1) is 6.06. The van der Waals surface area contributed by atoms with Gasteiger partial charge in [-0.25, -0.2) is 0 Å². The third kappa shape index (κ3) is 3.96. The molecule has 0 radical (unpaired) electrons. The molecular formula is C10H23N3O. The van der Waals surface area contributed by atoms with E-state index in [9.17, 15) is 5.11 Å². The Morgan fingerprint density at radius 1 is 1.29 bits per heavy atom. The van der Waals surface area contributed by atoms with E-state index in [0.717, 1.165) is 0 Å². The lowest BCUT2D eigenvalue weighted by molar-refractivity contribution is 0.00446. The van der Waals surface area contributed by atoms with Crippen LogP contribution in [0.25, 0.3) is 0 Å². The molecule has 0 saturated carbocycles. The average Bonchev–Trinajstić information content (AvgIpc) is 1.79. The van der Waals surface area contributed by atoms with Gasteiger partial charge in [0.25, 0.3) is 0 Å². The predicted molar refractivity (Wildman–Crippen MR) is 60.3 cm³/mol. The number of hydrogen-bond acceptors (Lipinski definition) is 2. The van der Waals surface area contributed by atoms with E-state index in [-0.39, 0.29) is 6.04 Å². The van der Waals surface area contributed by atoms with Gasteiger partial charge in [0.15, 0.2) is 5.96 Å². The van der Waals surface area contributed by atoms with Crippen LogP contribution in [0, 0.1) is 0 Å². The Hall–Kier alpha value is -0.770. The Bertz CT molecular complexity index is 214. The van der Waals surface area contributed by atoms with Gasteiger partial charge in [0.05, 0.1) is 11.1 Å². The average molecular weight is 201 g/mol. The molecule has 0 heterocycles. The number of guanidine groups is 1. The third-order valence-electron chi connectivity index (χ3n) is 2.37. The first-order valence-corrected chi connectivity index (χ1v) is 4.90. The molecule has 84 valence electrons. The van der Waals surface area contributed by atoms with Crippen molar-refractivity contribution in [3.05, 3.63) is 0 Å². The smallest absolute Gasteiger partial charge is 0.189 e. The van der Waals surface area contributed by atoms with Gasteiger partial charge in [-0.05, 0) is 41.5 Å². The minimum absolute atomic E-state index is 0.153. The van der Waals surface area contributed by atoms with Crippen molar-refractivity contribution in [3.63, 3.8) is 0 Å². The summed E-state index contributed by atoms with van der Waals surface area (Å²) >= 11 is 0. The molecule has 0 aliphatic heterocycles. The number of aliphatic imine (C=N–C) groups is 1. The van der Waals surface area contributed by atoms with Crippen LogP contribution >= 0.6 is 0 Å². The summed E-state index contributed by atoms with van der Waals surface area (Å²) in [6.45, 7) is 11.1. The van der Waals surface area contributed by atoms with Crippen LogP contribution in [0.15, 0.2) is 4.99 Å². The van der Waals surface area contributed by atoms with E-state index in [1.165, 1.54) is 0 Å². The van der Waals surface area contributed by atoms with Crippen molar-refractivity contribution in [2.24, 2.45) is 10.7 Å². The summed E-state index contributed by atoms with van der Waals surface area (Å²) in [5.41, 5.74) is 4.32. The largest absolute Gasteiger partial charge is 0.388 e. The number of hydrogen-bond donors (Lipinski definition) is 3. The molecular weight excluding hydrogens is 178 g/mol. The highest BCUT2D eigenvalue weighted by Crippen LogP contribution is 2.19. The molecule has 4 heteroatoms. The lowest BCUT2D eigenvalue weighted by Gasteiger charge is -2.38. The second-order valence-electron chi connectivity index (χ2n) is 4.92. The maximum absolute atomic E-state index is 9.86. The first kappa shape index (κ1) is 13.2. The number of nitrogens with two attached hydrogens (primary N) is 1. The van der Waals surface area contributed by atoms with Crippen molar-refractivity contribution in [3.8, 4) is 0 Å². The van der Waals surface area contributed by atoms with Crippen LogP contribution in [0.2, 0.25) is 0 Å². The van der Waals surface area contributed by atoms with E-state index in [1.807, 2.05) is 27.7 Å². The summed E-state index contributed by atoms with van der Waals surface area (Å²) < 4.78 is 0. The SMILES string of the molecule is CC(C)N=C(N)NC(C)(C)C(C)(C)O. The molecule has 0 aliphatic carbocycles. The van der Waals surface area contributed by atoms with E-state index < -0.39 is 11.1 Å². The summed E-state index contributed by atoms with van der Waals surface area (Å²) in [7, 11) is 0. The number of rotatable bonds is 3. The highest BCUT2D eigenvalue weighted by Gasteiger charge is 2.35. The second kappa shape index (κ2) is 4.17. The molecule has 0 amide bonds. The molecule has 0 rings (SSSR count). The standard InChI is InChI=1S/C10H23N3O/c1-7(2)12-8(11)13-9(3,4)10(5,6)14/h7,14H,1-6H3,(H3,11,12,13). The minimum atomic E-state index is -0.857. The molecule has 0 atom stereocenters. The third-order valence-corrected chi connectivity index (χ3v) is 2.37. The van der Waals surface area contributed by atoms with Crippen molar-refractivity contribution in [2.45, 2.75) is 58.7 Å². The topological polar surface area (TPSA) is 70.6 Å². The molecule has 14 heavy (non-hydrogen) atoms. The molecule has 0 aliphatic rings. The second-order valence-corrected chi connectivity index (χ2v) is 4.92. The van der Waals surface area contributed by atoms with Crippen LogP contribution in [0.4, 0.5) is 0 Å². The van der Waals surface area contributed by atoms with Crippen LogP contribution in [0.1, 0.15) is 41.5 Å². The van der Waals surface area contributed by atoms with Crippen LogP contribution in [0.5, 0.6) is 0 Å². The van der Waals surface area contributed by atoms with Gasteiger partial charge in [0, 0.05) is 6.04 Å². The Morgan fingerprint density at radius 3 is 2.00 bits per heavy atom. The van der Waals surface area contributed by atoms with Gasteiger partial charge in [0.2, 0.25) is 0 Å². The van der Waals surface area contributed by atoms with Crippen molar-refractivity contribution < 1.29 is 5.11 Å². The van der Waals surface area contributed by atoms with Gasteiger partial charge >= 0.3 is 0 Å². The Balaban J connectivity index is 4.52. The van der Waals surface area contributed by atoms with Crippen molar-refractivity contribution >= 4 is 5.96 Å². The van der Waals surface area contributed by atoms with E-state index in [0.29, 0.717) is 5.96 Å². The van der Waals surface area contributed by atoms with Crippen LogP contribution in [-0.2, 0) is 0 Å². The van der Waals surface area contributed by atoms with Crippen molar-refractivity contribution in [2.75, 3.05) is 0 Å². The quantitative estimate of drug-likeness (QED) is 0.468. The van der Waals surface area contributed by atoms with Gasteiger partial charge in [0.1, 0.15) is 0 Å². The normalized spacial score (nSPS) is 14.7. The molecule has 0 spiro atoms. The molecule has 4 nitrogen and oxygen atoms in total. The van der Waals surface area contributed by atoms with Gasteiger partial charge < -0.3 is 16.2 Å². The highest BCUT2D eigenvalue weighted by atomic mass is 16.3. The molecule has 0 unspecified atom stereocenters. The molecule has 0 bridgehead atoms. The maximum atomic E-state index is 9.86. The molecule has 0 aromatic heterocycles. The van der Waals surface area contributed by atoms with Gasteiger partial charge in [-0.1, -0.05) is 0 Å². The number of nitrogens with one attached hydrogen (secondary N) is 1. The molecule has 0 saturated heterocycles. The van der Waals surface area contributed by atoms with Gasteiger partial charge in [-0.2, -0.15) is 0 Å². The van der Waals surface area contributed by atoms with Gasteiger partial charge in [-0.3, -0.25) is 4.99 Å². The Labute approximate surface area is 86.6 Å². The molecule has 4 N–H and O–H groups in total. The maximum Gasteiger partial charge on any atom is 0.189 e. The summed E-state index contributed by atoms with van der Waals surface area (Å²) in [5.74, 6) is 0.368. The van der Waals surface area contributed by atoms with E-state index in [1.54, 1.807) is 13.8 Å². The lowest BCUT2D eigenvalue weighted by Crippen LogP contribution is -2.59. The zero-order chi connectivity index (χ0) is 11.6. The summed E-state index contributed by atoms with van der Waals surface area (Å²) in [6, 6.07) is 0.153. The fourth-order valence-electron chi connectivity index (χ4n) is 0.784. The predicted octanol–water partition coefficient (Wildman–Crippen LogP) is 0.849. The molecule has 0 aromatic rings. The van der Waals surface area contributed by atoms with Crippen LogP contribution in [-0.4, -0.2) is 28.2 Å². The molecule has 0 aromatic carbocycles. The van der Waals surface area contributed by atoms with Crippen molar-refractivity contribution in [1.82, 2.24) is 5.32 Å². The number of nitrogens with zero attached hydrogens (tertiary/aromatic N) is 1. The summed E-state index contributed by atoms with van der Waals surface area (Å²) in [6.07, 6.45) is 0. The summed E-state index contributed by atoms with van der Waals surface area (Å²) in [4.78, 5) is 4.15. The zero-order valence-electron chi connectivity index (χ0n) is 10.0. The summed E-state index contributed by atoms with van der Waals surface area (Å²) in [5, 5.41) is 12.9. The fourth-order valence-corrected chi connectivity index (χ4v) is 0.784. The monoisotopic (exact) mass is 201 g/mol. The number of aliphatic hydroxyl groups is 1. The van der Waals surface area contributed by atoms with E-state index in [4.69, 9.17) is 5.73 Å². The Morgan fingerprint density at radius 2 is 1.71 bits per heavy atom. The van der Waals surface area contributed by atoms with E-state index in [2.05, 4.69) is 10.3 Å². The Kier molecular flexibility index (Phi) is 3.94. The lowest BCUT2D eigenvalue weighted by atomic mass is 9.86. The van der Waals surface area contributed by atoms with Crippen LogP contribution < -0.4 is 11.1 Å². The zero-order valence-corrected chi connectivity index (χ0v) is 10.0. The fraction of sp³-hybridized carbons (Fsp3) is 0.900. The molecule has 0 fully saturated rings. The van der Waals surface area contributed by atoms with Crippen molar-refractivity contribution in [1.29, 1.82) is 0 Å². The first-order valence-electron chi connectivity index (χ1n) is 4.90. The minimum Gasteiger partial charge on any atom is -0.388 e. The van der Waals surface area contributed by atoms with Crippen LogP contribution in [0.3, 0.4) is 0 Å². The van der Waals surface area contributed by atoms with E-state index >= 15 is 0 Å².